The molecule has 0 spiro atoms. The molecule has 1 aromatic heterocycles. The summed E-state index contributed by atoms with van der Waals surface area (Å²) in [7, 11) is -3.13. The van der Waals surface area contributed by atoms with Crippen molar-refractivity contribution in [3.05, 3.63) is 35.2 Å². The molecular weight excluding hydrogens is 358 g/mol. The fraction of sp³-hybridized carbons (Fsp3) is 0.333. The molecule has 2 atom stereocenters. The zero-order chi connectivity index (χ0) is 17.1. The number of carbonyl (C=O) groups excluding carboxylic acids is 1. The fourth-order valence-corrected chi connectivity index (χ4v) is 6.28. The van der Waals surface area contributed by atoms with E-state index in [-0.39, 0.29) is 35.8 Å². The van der Waals surface area contributed by atoms with Crippen molar-refractivity contribution in [2.75, 3.05) is 16.4 Å². The number of amides is 1. The number of aromatic nitrogens is 1. The fourth-order valence-electron chi connectivity index (χ4n) is 3.30. The normalized spacial score (nSPS) is 25.2. The van der Waals surface area contributed by atoms with E-state index in [0.717, 1.165) is 12.1 Å². The number of hydrogen-bond donors (Lipinski definition) is 0. The van der Waals surface area contributed by atoms with Gasteiger partial charge in [-0.2, -0.15) is 0 Å². The standard InChI is InChI=1S/C15H12F2N2O3S2/c16-10-2-1-8(3-11(10)17)12-5-23-15(18-12)19-13-7-24(21,22)6-9(13)4-14(19)20/h1-3,5,9,13H,4,6-7H2/t9-,13+/m1/s1. The van der Waals surface area contributed by atoms with Crippen LogP contribution in [0, 0.1) is 17.6 Å². The van der Waals surface area contributed by atoms with E-state index in [1.54, 1.807) is 5.38 Å². The number of nitrogens with zero attached hydrogens (tertiary/aromatic N) is 2. The molecule has 2 aromatic rings. The number of thiazole rings is 1. The third-order valence-electron chi connectivity index (χ3n) is 4.39. The van der Waals surface area contributed by atoms with Crippen LogP contribution in [0.2, 0.25) is 0 Å². The van der Waals surface area contributed by atoms with E-state index < -0.39 is 21.5 Å². The average molecular weight is 370 g/mol. The van der Waals surface area contributed by atoms with Crippen LogP contribution in [0.25, 0.3) is 11.3 Å². The second-order valence-electron chi connectivity index (χ2n) is 6.02. The second-order valence-corrected chi connectivity index (χ2v) is 9.01. The number of sulfone groups is 1. The Kier molecular flexibility index (Phi) is 3.47. The maximum atomic E-state index is 13.4. The van der Waals surface area contributed by atoms with Crippen molar-refractivity contribution in [2.24, 2.45) is 5.92 Å². The number of anilines is 1. The lowest BCUT2D eigenvalue weighted by atomic mass is 10.1. The van der Waals surface area contributed by atoms with Gasteiger partial charge >= 0.3 is 0 Å². The molecule has 4 rings (SSSR count). The minimum atomic E-state index is -3.13. The van der Waals surface area contributed by atoms with Crippen molar-refractivity contribution >= 4 is 32.2 Å². The monoisotopic (exact) mass is 370 g/mol. The molecule has 2 fully saturated rings. The summed E-state index contributed by atoms with van der Waals surface area (Å²) in [5.41, 5.74) is 0.824. The van der Waals surface area contributed by atoms with Crippen LogP contribution in [-0.2, 0) is 14.6 Å². The van der Waals surface area contributed by atoms with Gasteiger partial charge in [0.25, 0.3) is 0 Å². The second kappa shape index (κ2) is 5.32. The van der Waals surface area contributed by atoms with Crippen LogP contribution in [0.1, 0.15) is 6.42 Å². The van der Waals surface area contributed by atoms with Crippen LogP contribution in [0.5, 0.6) is 0 Å². The highest BCUT2D eigenvalue weighted by Gasteiger charge is 2.50. The zero-order valence-corrected chi connectivity index (χ0v) is 13.9. The molecule has 0 N–H and O–H groups in total. The number of rotatable bonds is 2. The van der Waals surface area contributed by atoms with Crippen LogP contribution >= 0.6 is 11.3 Å². The molecule has 24 heavy (non-hydrogen) atoms. The van der Waals surface area contributed by atoms with Crippen LogP contribution in [0.3, 0.4) is 0 Å². The minimum Gasteiger partial charge on any atom is -0.284 e. The largest absolute Gasteiger partial charge is 0.284 e. The molecule has 9 heteroatoms. The lowest BCUT2D eigenvalue weighted by Crippen LogP contribution is -2.36. The molecule has 2 saturated heterocycles. The predicted octanol–water partition coefficient (Wildman–Crippen LogP) is 2.24. The summed E-state index contributed by atoms with van der Waals surface area (Å²) in [6.07, 6.45) is 0.198. The molecule has 0 saturated carbocycles. The lowest BCUT2D eigenvalue weighted by Gasteiger charge is -2.19. The third-order valence-corrected chi connectivity index (χ3v) is 7.01. The van der Waals surface area contributed by atoms with E-state index in [9.17, 15) is 22.0 Å². The summed E-state index contributed by atoms with van der Waals surface area (Å²) in [4.78, 5) is 18.0. The first kappa shape index (κ1) is 15.6. The van der Waals surface area contributed by atoms with Gasteiger partial charge < -0.3 is 0 Å². The molecule has 0 aliphatic carbocycles. The van der Waals surface area contributed by atoms with E-state index in [1.807, 2.05) is 0 Å². The molecule has 1 amide bonds. The number of benzene rings is 1. The Bertz CT molecular complexity index is 942. The highest BCUT2D eigenvalue weighted by molar-refractivity contribution is 7.91. The Balaban J connectivity index is 1.67. The predicted molar refractivity (Wildman–Crippen MR) is 85.5 cm³/mol. The topological polar surface area (TPSA) is 67.3 Å². The zero-order valence-electron chi connectivity index (χ0n) is 12.3. The molecule has 0 bridgehead atoms. The van der Waals surface area contributed by atoms with E-state index in [1.165, 1.54) is 22.3 Å². The van der Waals surface area contributed by atoms with Crippen molar-refractivity contribution in [3.8, 4) is 11.3 Å². The Morgan fingerprint density at radius 3 is 2.75 bits per heavy atom. The molecule has 0 unspecified atom stereocenters. The molecule has 2 aliphatic heterocycles. The van der Waals surface area contributed by atoms with Gasteiger partial charge in [0.05, 0.1) is 23.2 Å². The summed E-state index contributed by atoms with van der Waals surface area (Å²) in [6.45, 7) is 0. The summed E-state index contributed by atoms with van der Waals surface area (Å²) in [5, 5.41) is 2.04. The van der Waals surface area contributed by atoms with Gasteiger partial charge in [0, 0.05) is 23.3 Å². The average Bonchev–Trinajstić information content (AvgIpc) is 3.14. The smallest absolute Gasteiger partial charge is 0.229 e. The Labute approximate surface area is 140 Å². The highest BCUT2D eigenvalue weighted by Crippen LogP contribution is 2.39. The molecular formula is C15H12F2N2O3S2. The van der Waals surface area contributed by atoms with Crippen molar-refractivity contribution in [3.63, 3.8) is 0 Å². The molecule has 2 aliphatic rings. The maximum absolute atomic E-state index is 13.4. The molecule has 5 nitrogen and oxygen atoms in total. The van der Waals surface area contributed by atoms with Gasteiger partial charge in [0.15, 0.2) is 26.6 Å². The SMILES string of the molecule is O=C1C[C@@H]2CS(=O)(=O)C[C@@H]2N1c1nc(-c2ccc(F)c(F)c2)cs1. The number of fused-ring (bicyclic) bond motifs is 1. The number of halogens is 2. The summed E-state index contributed by atoms with van der Waals surface area (Å²) in [6, 6.07) is 3.09. The maximum Gasteiger partial charge on any atom is 0.229 e. The van der Waals surface area contributed by atoms with Gasteiger partial charge in [-0.15, -0.1) is 11.3 Å². The van der Waals surface area contributed by atoms with Gasteiger partial charge in [-0.3, -0.25) is 9.69 Å². The van der Waals surface area contributed by atoms with E-state index >= 15 is 0 Å². The summed E-state index contributed by atoms with van der Waals surface area (Å²) >= 11 is 1.19. The lowest BCUT2D eigenvalue weighted by molar-refractivity contribution is -0.117. The minimum absolute atomic E-state index is 0.0291. The van der Waals surface area contributed by atoms with E-state index in [2.05, 4.69) is 4.98 Å². The number of hydrogen-bond acceptors (Lipinski definition) is 5. The molecule has 3 heterocycles. The van der Waals surface area contributed by atoms with Gasteiger partial charge in [0.1, 0.15) is 0 Å². The van der Waals surface area contributed by atoms with Gasteiger partial charge in [-0.1, -0.05) is 0 Å². The molecule has 1 aromatic carbocycles. The van der Waals surface area contributed by atoms with Gasteiger partial charge in [-0.05, 0) is 18.2 Å². The number of carbonyl (C=O) groups is 1. The highest BCUT2D eigenvalue weighted by atomic mass is 32.2. The van der Waals surface area contributed by atoms with Crippen LogP contribution < -0.4 is 4.90 Å². The van der Waals surface area contributed by atoms with Crippen molar-refractivity contribution in [1.82, 2.24) is 4.98 Å². The first-order valence-electron chi connectivity index (χ1n) is 7.27. The summed E-state index contributed by atoms with van der Waals surface area (Å²) in [5.74, 6) is -2.28. The Hall–Kier alpha value is -1.87. The Morgan fingerprint density at radius 2 is 2.00 bits per heavy atom. The Morgan fingerprint density at radius 1 is 1.21 bits per heavy atom. The van der Waals surface area contributed by atoms with Crippen LogP contribution in [0.4, 0.5) is 13.9 Å². The van der Waals surface area contributed by atoms with Crippen LogP contribution in [0.15, 0.2) is 23.6 Å². The summed E-state index contributed by atoms with van der Waals surface area (Å²) < 4.78 is 50.0. The van der Waals surface area contributed by atoms with Gasteiger partial charge in [-0.25, -0.2) is 22.2 Å². The first-order chi connectivity index (χ1) is 11.3. The quantitative estimate of drug-likeness (QED) is 0.813. The molecule has 0 radical (unpaired) electrons. The van der Waals surface area contributed by atoms with Crippen molar-refractivity contribution in [2.45, 2.75) is 12.5 Å². The van der Waals surface area contributed by atoms with Crippen molar-refractivity contribution < 1.29 is 22.0 Å². The van der Waals surface area contributed by atoms with Crippen molar-refractivity contribution in [1.29, 1.82) is 0 Å². The van der Waals surface area contributed by atoms with E-state index in [4.69, 9.17) is 0 Å². The molecule has 126 valence electrons. The van der Waals surface area contributed by atoms with E-state index in [0.29, 0.717) is 16.4 Å². The third kappa shape index (κ3) is 2.51. The first-order valence-corrected chi connectivity index (χ1v) is 9.97. The van der Waals surface area contributed by atoms with Crippen LogP contribution in [-0.4, -0.2) is 36.9 Å². The van der Waals surface area contributed by atoms with Gasteiger partial charge in [0.2, 0.25) is 5.91 Å².